The van der Waals surface area contributed by atoms with Crippen molar-refractivity contribution >= 4 is 29.9 Å². The van der Waals surface area contributed by atoms with E-state index in [0.29, 0.717) is 5.92 Å². The van der Waals surface area contributed by atoms with E-state index in [1.54, 1.807) is 0 Å². The van der Waals surface area contributed by atoms with Gasteiger partial charge in [0.05, 0.1) is 6.20 Å². The first-order valence-corrected chi connectivity index (χ1v) is 10.4. The van der Waals surface area contributed by atoms with Crippen LogP contribution in [-0.4, -0.2) is 71.4 Å². The molecule has 0 radical (unpaired) electrons. The van der Waals surface area contributed by atoms with E-state index in [0.717, 1.165) is 38.1 Å². The van der Waals surface area contributed by atoms with Crippen molar-refractivity contribution in [3.05, 3.63) is 18.0 Å². The second kappa shape index (κ2) is 11.2. The molecule has 1 atom stereocenters. The minimum Gasteiger partial charge on any atom is -0.357 e. The highest BCUT2D eigenvalue weighted by Gasteiger charge is 2.27. The smallest absolute Gasteiger partial charge is 0.193 e. The van der Waals surface area contributed by atoms with Crippen molar-refractivity contribution in [2.24, 2.45) is 18.0 Å². The van der Waals surface area contributed by atoms with Crippen molar-refractivity contribution in [3.63, 3.8) is 0 Å². The van der Waals surface area contributed by atoms with E-state index in [1.807, 2.05) is 17.9 Å². The van der Waals surface area contributed by atoms with Gasteiger partial charge in [-0.15, -0.1) is 24.0 Å². The first kappa shape index (κ1) is 22.5. The molecule has 7 heteroatoms. The van der Waals surface area contributed by atoms with Gasteiger partial charge in [-0.1, -0.05) is 6.92 Å². The molecule has 2 aliphatic rings. The van der Waals surface area contributed by atoms with Crippen LogP contribution in [0.15, 0.2) is 17.4 Å². The SMILES string of the molecule is CCCN1CCC(CN=C(NCC)N2CCC(c3cnn(C)c3)C2)CC1.I. The Balaban J connectivity index is 0.00000261. The lowest BCUT2D eigenvalue weighted by atomic mass is 9.97. The molecule has 2 saturated heterocycles. The molecular formula is C20H37IN6. The Kier molecular flexibility index (Phi) is 9.35. The van der Waals surface area contributed by atoms with Gasteiger partial charge in [0, 0.05) is 45.3 Å². The molecule has 6 nitrogen and oxygen atoms in total. The van der Waals surface area contributed by atoms with Crippen molar-refractivity contribution in [2.75, 3.05) is 45.8 Å². The predicted octanol–water partition coefficient (Wildman–Crippen LogP) is 2.91. The molecule has 3 rings (SSSR count). The summed E-state index contributed by atoms with van der Waals surface area (Å²) in [5, 5.41) is 7.85. The van der Waals surface area contributed by atoms with Crippen LogP contribution in [0.4, 0.5) is 0 Å². The van der Waals surface area contributed by atoms with Crippen molar-refractivity contribution in [1.82, 2.24) is 24.9 Å². The lowest BCUT2D eigenvalue weighted by Gasteiger charge is -2.31. The van der Waals surface area contributed by atoms with E-state index < -0.39 is 0 Å². The van der Waals surface area contributed by atoms with Crippen LogP contribution in [0.2, 0.25) is 0 Å². The molecule has 154 valence electrons. The topological polar surface area (TPSA) is 48.7 Å². The zero-order valence-corrected chi connectivity index (χ0v) is 19.6. The lowest BCUT2D eigenvalue weighted by molar-refractivity contribution is 0.188. The second-order valence-electron chi connectivity index (χ2n) is 7.86. The Morgan fingerprint density at radius 1 is 1.22 bits per heavy atom. The molecule has 0 bridgehead atoms. The fourth-order valence-electron chi connectivity index (χ4n) is 4.23. The summed E-state index contributed by atoms with van der Waals surface area (Å²) in [4.78, 5) is 10.1. The summed E-state index contributed by atoms with van der Waals surface area (Å²) in [6.07, 6.45) is 9.21. The van der Waals surface area contributed by atoms with Crippen molar-refractivity contribution in [1.29, 1.82) is 0 Å². The molecule has 2 aliphatic heterocycles. The van der Waals surface area contributed by atoms with Crippen LogP contribution in [0.3, 0.4) is 0 Å². The maximum atomic E-state index is 5.02. The number of hydrogen-bond acceptors (Lipinski definition) is 3. The Labute approximate surface area is 181 Å². The monoisotopic (exact) mass is 488 g/mol. The Morgan fingerprint density at radius 3 is 2.63 bits per heavy atom. The molecule has 1 unspecified atom stereocenters. The van der Waals surface area contributed by atoms with Gasteiger partial charge >= 0.3 is 0 Å². The average molecular weight is 488 g/mol. The Hall–Kier alpha value is -0.830. The van der Waals surface area contributed by atoms with Crippen LogP contribution in [0.25, 0.3) is 0 Å². The van der Waals surface area contributed by atoms with Crippen LogP contribution in [0, 0.1) is 5.92 Å². The zero-order valence-electron chi connectivity index (χ0n) is 17.2. The minimum atomic E-state index is 0. The highest BCUT2D eigenvalue weighted by Crippen LogP contribution is 2.27. The summed E-state index contributed by atoms with van der Waals surface area (Å²) in [7, 11) is 1.99. The lowest BCUT2D eigenvalue weighted by Crippen LogP contribution is -2.41. The molecule has 0 spiro atoms. The van der Waals surface area contributed by atoms with E-state index in [2.05, 4.69) is 40.3 Å². The minimum absolute atomic E-state index is 0. The van der Waals surface area contributed by atoms with E-state index in [9.17, 15) is 0 Å². The van der Waals surface area contributed by atoms with E-state index in [-0.39, 0.29) is 24.0 Å². The molecule has 0 aromatic carbocycles. The van der Waals surface area contributed by atoms with Gasteiger partial charge in [-0.2, -0.15) is 5.10 Å². The van der Waals surface area contributed by atoms with Gasteiger partial charge in [0.1, 0.15) is 0 Å². The number of hydrogen-bond donors (Lipinski definition) is 1. The quantitative estimate of drug-likeness (QED) is 0.380. The number of nitrogens with zero attached hydrogens (tertiary/aromatic N) is 5. The standard InChI is InChI=1S/C20H36N6.HI/c1-4-9-25-10-6-17(7-11-25)13-22-20(21-5-2)26-12-8-18(16-26)19-14-23-24(3)15-19;/h14-15,17-18H,4-13,16H2,1-3H3,(H,21,22);1H. The number of aryl methyl sites for hydroxylation is 1. The fraction of sp³-hybridized carbons (Fsp3) is 0.800. The molecule has 1 aromatic heterocycles. The molecule has 0 amide bonds. The number of rotatable bonds is 6. The van der Waals surface area contributed by atoms with Gasteiger partial charge in [0.15, 0.2) is 5.96 Å². The van der Waals surface area contributed by atoms with Crippen molar-refractivity contribution in [2.45, 2.75) is 45.4 Å². The summed E-state index contributed by atoms with van der Waals surface area (Å²) in [6.45, 7) is 12.2. The van der Waals surface area contributed by atoms with Crippen molar-refractivity contribution < 1.29 is 0 Å². The molecule has 0 saturated carbocycles. The predicted molar refractivity (Wildman–Crippen MR) is 123 cm³/mol. The zero-order chi connectivity index (χ0) is 18.4. The van der Waals surface area contributed by atoms with E-state index in [1.165, 1.54) is 50.9 Å². The third-order valence-electron chi connectivity index (χ3n) is 5.77. The number of likely N-dealkylation sites (tertiary alicyclic amines) is 2. The van der Waals surface area contributed by atoms with Gasteiger partial charge in [-0.05, 0) is 63.7 Å². The largest absolute Gasteiger partial charge is 0.357 e. The number of guanidine groups is 1. The van der Waals surface area contributed by atoms with Crippen LogP contribution < -0.4 is 5.32 Å². The highest BCUT2D eigenvalue weighted by molar-refractivity contribution is 14.0. The number of aromatic nitrogens is 2. The maximum absolute atomic E-state index is 5.02. The van der Waals surface area contributed by atoms with E-state index in [4.69, 9.17) is 4.99 Å². The third-order valence-corrected chi connectivity index (χ3v) is 5.77. The number of nitrogens with one attached hydrogen (secondary N) is 1. The summed E-state index contributed by atoms with van der Waals surface area (Å²) >= 11 is 0. The van der Waals surface area contributed by atoms with Gasteiger partial charge in [0.25, 0.3) is 0 Å². The van der Waals surface area contributed by atoms with Crippen LogP contribution >= 0.6 is 24.0 Å². The summed E-state index contributed by atoms with van der Waals surface area (Å²) in [5.74, 6) is 2.42. The first-order chi connectivity index (χ1) is 12.7. The normalized spacial score (nSPS) is 22.1. The van der Waals surface area contributed by atoms with E-state index >= 15 is 0 Å². The Morgan fingerprint density at radius 2 is 2.00 bits per heavy atom. The average Bonchev–Trinajstić information content (AvgIpc) is 3.29. The second-order valence-corrected chi connectivity index (χ2v) is 7.86. The Bertz CT molecular complexity index is 579. The van der Waals surface area contributed by atoms with Gasteiger partial charge < -0.3 is 15.1 Å². The maximum Gasteiger partial charge on any atom is 0.193 e. The fourth-order valence-corrected chi connectivity index (χ4v) is 4.23. The molecule has 1 aromatic rings. The summed E-state index contributed by atoms with van der Waals surface area (Å²) < 4.78 is 1.90. The van der Waals surface area contributed by atoms with Gasteiger partial charge in [0.2, 0.25) is 0 Å². The van der Waals surface area contributed by atoms with Crippen molar-refractivity contribution in [3.8, 4) is 0 Å². The van der Waals surface area contributed by atoms with Gasteiger partial charge in [-0.3, -0.25) is 9.67 Å². The number of aliphatic imine (C=N–C) groups is 1. The molecule has 27 heavy (non-hydrogen) atoms. The highest BCUT2D eigenvalue weighted by atomic mass is 127. The summed E-state index contributed by atoms with van der Waals surface area (Å²) in [5.41, 5.74) is 1.36. The third kappa shape index (κ3) is 6.34. The summed E-state index contributed by atoms with van der Waals surface area (Å²) in [6, 6.07) is 0. The van der Waals surface area contributed by atoms with Crippen LogP contribution in [0.1, 0.15) is 51.0 Å². The van der Waals surface area contributed by atoms with Crippen LogP contribution in [0.5, 0.6) is 0 Å². The van der Waals surface area contributed by atoms with Gasteiger partial charge in [-0.25, -0.2) is 0 Å². The number of halogens is 1. The molecule has 1 N–H and O–H groups in total. The molecular weight excluding hydrogens is 451 g/mol. The molecule has 3 heterocycles. The van der Waals surface area contributed by atoms with Crippen LogP contribution in [-0.2, 0) is 7.05 Å². The molecule has 2 fully saturated rings. The first-order valence-electron chi connectivity index (χ1n) is 10.4. The number of piperidine rings is 1. The molecule has 0 aliphatic carbocycles.